The minimum Gasteiger partial charge on any atom is -0.481 e. The van der Waals surface area contributed by atoms with E-state index in [2.05, 4.69) is 32.9 Å². The largest absolute Gasteiger partial charge is 0.481 e. The fourth-order valence-electron chi connectivity index (χ4n) is 3.36. The summed E-state index contributed by atoms with van der Waals surface area (Å²) < 4.78 is 6.06. The molecular formula is C20H33ClN2O2. The highest BCUT2D eigenvalue weighted by atomic mass is 35.5. The second-order valence-corrected chi connectivity index (χ2v) is 7.48. The molecule has 2 rings (SSSR count). The molecule has 0 aromatic heterocycles. The number of hydrogen-bond acceptors (Lipinski definition) is 3. The van der Waals surface area contributed by atoms with E-state index in [9.17, 15) is 4.79 Å². The molecule has 2 N–H and O–H groups in total. The van der Waals surface area contributed by atoms with Gasteiger partial charge in [0, 0.05) is 19.1 Å². The summed E-state index contributed by atoms with van der Waals surface area (Å²) in [6.45, 7) is 11.8. The Labute approximate surface area is 158 Å². The van der Waals surface area contributed by atoms with Crippen LogP contribution in [0.3, 0.4) is 0 Å². The van der Waals surface area contributed by atoms with Crippen molar-refractivity contribution in [3.05, 3.63) is 29.3 Å². The first kappa shape index (κ1) is 21.8. The number of nitrogens with two attached hydrogens (primary N) is 1. The molecule has 0 radical (unpaired) electrons. The van der Waals surface area contributed by atoms with Crippen LogP contribution in [0.1, 0.15) is 57.6 Å². The number of amides is 1. The third-order valence-corrected chi connectivity index (χ3v) is 5.04. The van der Waals surface area contributed by atoms with Crippen molar-refractivity contribution in [3.8, 4) is 5.75 Å². The predicted molar refractivity (Wildman–Crippen MR) is 106 cm³/mol. The Kier molecular flexibility index (Phi) is 8.23. The van der Waals surface area contributed by atoms with Crippen molar-refractivity contribution >= 4 is 18.3 Å². The summed E-state index contributed by atoms with van der Waals surface area (Å²) in [5.41, 5.74) is 8.28. The number of carbonyl (C=O) groups excluding carboxylic acids is 1. The van der Waals surface area contributed by atoms with Gasteiger partial charge >= 0.3 is 0 Å². The molecule has 1 aromatic rings. The van der Waals surface area contributed by atoms with Crippen LogP contribution in [0, 0.1) is 12.8 Å². The lowest BCUT2D eigenvalue weighted by molar-refractivity contribution is -0.139. The lowest BCUT2D eigenvalue weighted by Gasteiger charge is -2.35. The van der Waals surface area contributed by atoms with Crippen molar-refractivity contribution in [2.45, 2.75) is 65.5 Å². The van der Waals surface area contributed by atoms with Gasteiger partial charge in [-0.1, -0.05) is 26.0 Å². The molecule has 1 aromatic carbocycles. The number of benzene rings is 1. The molecule has 0 saturated carbocycles. The van der Waals surface area contributed by atoms with Gasteiger partial charge in [0.15, 0.2) is 6.10 Å². The first-order valence-electron chi connectivity index (χ1n) is 9.11. The van der Waals surface area contributed by atoms with Crippen molar-refractivity contribution in [2.24, 2.45) is 11.7 Å². The van der Waals surface area contributed by atoms with E-state index in [1.165, 1.54) is 0 Å². The smallest absolute Gasteiger partial charge is 0.263 e. The maximum atomic E-state index is 12.7. The zero-order valence-electron chi connectivity index (χ0n) is 16.1. The third kappa shape index (κ3) is 5.61. The number of aryl methyl sites for hydroxylation is 1. The number of likely N-dealkylation sites (tertiary alicyclic amines) is 1. The summed E-state index contributed by atoms with van der Waals surface area (Å²) in [5, 5.41) is 0. The fourth-order valence-corrected chi connectivity index (χ4v) is 3.36. The Bertz CT molecular complexity index is 567. The summed E-state index contributed by atoms with van der Waals surface area (Å²) in [6, 6.07) is 6.42. The van der Waals surface area contributed by atoms with Crippen LogP contribution < -0.4 is 10.5 Å². The Hall–Kier alpha value is -1.26. The van der Waals surface area contributed by atoms with E-state index in [0.717, 1.165) is 42.8 Å². The summed E-state index contributed by atoms with van der Waals surface area (Å²) >= 11 is 0. The van der Waals surface area contributed by atoms with E-state index in [4.69, 9.17) is 10.5 Å². The van der Waals surface area contributed by atoms with Gasteiger partial charge in [0.2, 0.25) is 0 Å². The van der Waals surface area contributed by atoms with E-state index in [-0.39, 0.29) is 24.4 Å². The van der Waals surface area contributed by atoms with E-state index in [1.807, 2.05) is 24.8 Å². The van der Waals surface area contributed by atoms with E-state index in [1.54, 1.807) is 0 Å². The van der Waals surface area contributed by atoms with Gasteiger partial charge in [0.25, 0.3) is 5.91 Å². The average Bonchev–Trinajstić information content (AvgIpc) is 2.54. The number of rotatable bonds is 5. The van der Waals surface area contributed by atoms with Gasteiger partial charge in [0.05, 0.1) is 0 Å². The number of halogens is 1. The normalized spacial score (nSPS) is 17.8. The second-order valence-electron chi connectivity index (χ2n) is 7.48. The second kappa shape index (κ2) is 9.44. The van der Waals surface area contributed by atoms with Gasteiger partial charge in [-0.25, -0.2) is 0 Å². The molecule has 2 atom stereocenters. The van der Waals surface area contributed by atoms with Crippen LogP contribution in [0.25, 0.3) is 0 Å². The molecule has 1 fully saturated rings. The quantitative estimate of drug-likeness (QED) is 0.857. The zero-order valence-corrected chi connectivity index (χ0v) is 16.9. The van der Waals surface area contributed by atoms with Crippen molar-refractivity contribution in [2.75, 3.05) is 13.1 Å². The van der Waals surface area contributed by atoms with Gasteiger partial charge in [-0.15, -0.1) is 12.4 Å². The summed E-state index contributed by atoms with van der Waals surface area (Å²) in [4.78, 5) is 14.6. The molecule has 1 heterocycles. The average molecular weight is 369 g/mol. The fraction of sp³-hybridized carbons (Fsp3) is 0.650. The van der Waals surface area contributed by atoms with Crippen LogP contribution in [0.4, 0.5) is 0 Å². The molecule has 0 bridgehead atoms. The predicted octanol–water partition coefficient (Wildman–Crippen LogP) is 3.89. The first-order chi connectivity index (χ1) is 11.3. The summed E-state index contributed by atoms with van der Waals surface area (Å²) in [7, 11) is 0. The van der Waals surface area contributed by atoms with Crippen molar-refractivity contribution in [3.63, 3.8) is 0 Å². The molecule has 5 heteroatoms. The third-order valence-electron chi connectivity index (χ3n) is 5.04. The molecule has 142 valence electrons. The molecule has 1 aliphatic heterocycles. The first-order valence-corrected chi connectivity index (χ1v) is 9.11. The van der Waals surface area contributed by atoms with E-state index >= 15 is 0 Å². The standard InChI is InChI=1S/C20H32N2O2.ClH/c1-13(2)18-7-6-14(3)12-19(18)24-16(5)20(23)22-10-8-17(9-11-22)15(4)21;/h6-7,12-13,15-17H,8-11,21H2,1-5H3;1H. The van der Waals surface area contributed by atoms with Crippen LogP contribution >= 0.6 is 12.4 Å². The van der Waals surface area contributed by atoms with Gasteiger partial charge in [-0.2, -0.15) is 0 Å². The molecule has 0 aliphatic carbocycles. The van der Waals surface area contributed by atoms with Gasteiger partial charge in [-0.3, -0.25) is 4.79 Å². The van der Waals surface area contributed by atoms with Gasteiger partial charge < -0.3 is 15.4 Å². The Morgan fingerprint density at radius 3 is 2.32 bits per heavy atom. The molecule has 0 spiro atoms. The minimum atomic E-state index is -0.462. The van der Waals surface area contributed by atoms with Gasteiger partial charge in [-0.05, 0) is 62.6 Å². The highest BCUT2D eigenvalue weighted by Crippen LogP contribution is 2.29. The monoisotopic (exact) mass is 368 g/mol. The van der Waals surface area contributed by atoms with Crippen LogP contribution in [-0.4, -0.2) is 36.0 Å². The van der Waals surface area contributed by atoms with Crippen LogP contribution in [0.2, 0.25) is 0 Å². The maximum absolute atomic E-state index is 12.7. The lowest BCUT2D eigenvalue weighted by atomic mass is 9.91. The Morgan fingerprint density at radius 2 is 1.80 bits per heavy atom. The number of piperidine rings is 1. The number of ether oxygens (including phenoxy) is 1. The van der Waals surface area contributed by atoms with Gasteiger partial charge in [0.1, 0.15) is 5.75 Å². The van der Waals surface area contributed by atoms with Crippen LogP contribution in [-0.2, 0) is 4.79 Å². The number of nitrogens with zero attached hydrogens (tertiary/aromatic N) is 1. The van der Waals surface area contributed by atoms with E-state index < -0.39 is 6.10 Å². The summed E-state index contributed by atoms with van der Waals surface area (Å²) in [5.74, 6) is 1.80. The maximum Gasteiger partial charge on any atom is 0.263 e. The topological polar surface area (TPSA) is 55.6 Å². The Balaban J connectivity index is 0.00000312. The molecule has 2 unspecified atom stereocenters. The van der Waals surface area contributed by atoms with Crippen LogP contribution in [0.15, 0.2) is 18.2 Å². The molecule has 1 amide bonds. The zero-order chi connectivity index (χ0) is 17.9. The molecule has 1 saturated heterocycles. The Morgan fingerprint density at radius 1 is 1.20 bits per heavy atom. The highest BCUT2D eigenvalue weighted by Gasteiger charge is 2.28. The van der Waals surface area contributed by atoms with Crippen LogP contribution in [0.5, 0.6) is 5.75 Å². The number of carbonyl (C=O) groups is 1. The number of hydrogen-bond donors (Lipinski definition) is 1. The molecule has 1 aliphatic rings. The van der Waals surface area contributed by atoms with Crippen molar-refractivity contribution in [1.82, 2.24) is 4.90 Å². The molecule has 4 nitrogen and oxygen atoms in total. The summed E-state index contributed by atoms with van der Waals surface area (Å²) in [6.07, 6.45) is 1.51. The van der Waals surface area contributed by atoms with Crippen molar-refractivity contribution < 1.29 is 9.53 Å². The van der Waals surface area contributed by atoms with E-state index in [0.29, 0.717) is 11.8 Å². The lowest BCUT2D eigenvalue weighted by Crippen LogP contribution is -2.47. The van der Waals surface area contributed by atoms with Crippen molar-refractivity contribution in [1.29, 1.82) is 0 Å². The SMILES string of the molecule is Cc1ccc(C(C)C)c(OC(C)C(=O)N2CCC(C(C)N)CC2)c1.Cl. The molecule has 25 heavy (non-hydrogen) atoms. The highest BCUT2D eigenvalue weighted by molar-refractivity contribution is 5.85. The molecular weight excluding hydrogens is 336 g/mol. The minimum absolute atomic E-state index is 0.